The van der Waals surface area contributed by atoms with Gasteiger partial charge in [-0.15, -0.1) is 0 Å². The van der Waals surface area contributed by atoms with Gasteiger partial charge in [0.2, 0.25) is 0 Å². The molecule has 29 heavy (non-hydrogen) atoms. The summed E-state index contributed by atoms with van der Waals surface area (Å²) in [6, 6.07) is 13.0. The van der Waals surface area contributed by atoms with E-state index >= 15 is 0 Å². The summed E-state index contributed by atoms with van der Waals surface area (Å²) in [7, 11) is 0. The Morgan fingerprint density at radius 2 is 1.93 bits per heavy atom. The third-order valence-electron chi connectivity index (χ3n) is 4.51. The van der Waals surface area contributed by atoms with Gasteiger partial charge in [-0.1, -0.05) is 18.2 Å². The molecule has 2 aromatic carbocycles. The van der Waals surface area contributed by atoms with Gasteiger partial charge in [0.1, 0.15) is 5.82 Å². The van der Waals surface area contributed by atoms with Gasteiger partial charge >= 0.3 is 6.03 Å². The van der Waals surface area contributed by atoms with E-state index in [9.17, 15) is 14.3 Å². The van der Waals surface area contributed by atoms with Gasteiger partial charge in [0.15, 0.2) is 5.65 Å². The highest BCUT2D eigenvalue weighted by Gasteiger charge is 2.12. The number of H-pyrrole nitrogens is 1. The maximum Gasteiger partial charge on any atom is 0.323 e. The molecule has 0 spiro atoms. The first-order chi connectivity index (χ1) is 14.0. The summed E-state index contributed by atoms with van der Waals surface area (Å²) in [5, 5.41) is 22.3. The summed E-state index contributed by atoms with van der Waals surface area (Å²) in [5.74, 6) is -0.498. The highest BCUT2D eigenvalue weighted by Crippen LogP contribution is 2.29. The number of carbonyl (C=O) groups is 1. The molecule has 4 aromatic rings. The Morgan fingerprint density at radius 3 is 2.69 bits per heavy atom. The number of urea groups is 1. The number of nitrogens with one attached hydrogen (secondary N) is 3. The minimum absolute atomic E-state index is 0.120. The van der Waals surface area contributed by atoms with Crippen molar-refractivity contribution in [3.05, 3.63) is 71.8 Å². The van der Waals surface area contributed by atoms with Gasteiger partial charge < -0.3 is 15.7 Å². The van der Waals surface area contributed by atoms with Crippen molar-refractivity contribution in [2.24, 2.45) is 0 Å². The topological polar surface area (TPSA) is 103 Å². The summed E-state index contributed by atoms with van der Waals surface area (Å²) in [6.45, 7) is 1.64. The third-order valence-corrected chi connectivity index (χ3v) is 4.51. The van der Waals surface area contributed by atoms with Gasteiger partial charge in [-0.05, 0) is 53.9 Å². The first-order valence-electron chi connectivity index (χ1n) is 8.92. The summed E-state index contributed by atoms with van der Waals surface area (Å²) < 4.78 is 13.8. The quantitative estimate of drug-likeness (QED) is 0.418. The van der Waals surface area contributed by atoms with Gasteiger partial charge in [0, 0.05) is 11.9 Å². The zero-order chi connectivity index (χ0) is 20.4. The van der Waals surface area contributed by atoms with Crippen LogP contribution in [-0.4, -0.2) is 26.3 Å². The number of rotatable bonds is 4. The summed E-state index contributed by atoms with van der Waals surface area (Å²) in [6.07, 6.45) is 1.65. The monoisotopic (exact) mass is 391 g/mol. The average molecular weight is 391 g/mol. The van der Waals surface area contributed by atoms with E-state index in [0.717, 1.165) is 22.1 Å². The number of aryl methyl sites for hydroxylation is 1. The number of anilines is 2. The Hall–Kier alpha value is -3.78. The Bertz CT molecular complexity index is 1190. The van der Waals surface area contributed by atoms with Crippen molar-refractivity contribution >= 4 is 28.4 Å². The number of benzene rings is 2. The predicted molar refractivity (Wildman–Crippen MR) is 109 cm³/mol. The van der Waals surface area contributed by atoms with Crippen molar-refractivity contribution in [1.29, 1.82) is 0 Å². The highest BCUT2D eigenvalue weighted by molar-refractivity contribution is 6.00. The van der Waals surface area contributed by atoms with Gasteiger partial charge in [0.25, 0.3) is 0 Å². The lowest BCUT2D eigenvalue weighted by molar-refractivity contribution is 0.262. The molecule has 0 bridgehead atoms. The van der Waals surface area contributed by atoms with Gasteiger partial charge in [-0.25, -0.2) is 14.2 Å². The number of fused-ring (bicyclic) bond motifs is 1. The molecule has 8 heteroatoms. The number of pyridine rings is 1. The Labute approximate surface area is 165 Å². The summed E-state index contributed by atoms with van der Waals surface area (Å²) >= 11 is 0. The number of aromatic nitrogens is 3. The normalized spacial score (nSPS) is 10.9. The van der Waals surface area contributed by atoms with Crippen LogP contribution in [0.5, 0.6) is 0 Å². The molecule has 0 aliphatic heterocycles. The molecule has 0 aliphatic rings. The Morgan fingerprint density at radius 1 is 1.14 bits per heavy atom. The van der Waals surface area contributed by atoms with Crippen molar-refractivity contribution < 1.29 is 14.3 Å². The number of nitrogens with zero attached hydrogens (tertiary/aromatic N) is 2. The van der Waals surface area contributed by atoms with E-state index in [4.69, 9.17) is 0 Å². The number of carbonyl (C=O) groups excluding carboxylic acids is 1. The third kappa shape index (κ3) is 3.78. The molecule has 0 saturated carbocycles. The van der Waals surface area contributed by atoms with Crippen molar-refractivity contribution in [3.63, 3.8) is 0 Å². The zero-order valence-electron chi connectivity index (χ0n) is 15.5. The van der Waals surface area contributed by atoms with Crippen LogP contribution in [0.1, 0.15) is 11.3 Å². The molecule has 4 N–H and O–H groups in total. The van der Waals surface area contributed by atoms with E-state index in [1.54, 1.807) is 30.5 Å². The summed E-state index contributed by atoms with van der Waals surface area (Å²) in [5.41, 5.74) is 4.37. The molecule has 0 saturated heterocycles. The number of aliphatic hydroxyl groups excluding tert-OH is 1. The predicted octanol–water partition coefficient (Wildman–Crippen LogP) is 4.21. The van der Waals surface area contributed by atoms with Crippen LogP contribution in [0.3, 0.4) is 0 Å². The van der Waals surface area contributed by atoms with Crippen LogP contribution in [0.2, 0.25) is 0 Å². The fraction of sp³-hybridized carbons (Fsp3) is 0.0952. The number of hydrogen-bond acceptors (Lipinski definition) is 4. The number of halogens is 1. The van der Waals surface area contributed by atoms with E-state index in [1.807, 2.05) is 25.1 Å². The van der Waals surface area contributed by atoms with Crippen LogP contribution in [0.25, 0.3) is 22.2 Å². The largest absolute Gasteiger partial charge is 0.390 e. The number of amides is 2. The maximum atomic E-state index is 13.8. The van der Waals surface area contributed by atoms with Gasteiger partial charge in [-0.3, -0.25) is 5.10 Å². The van der Waals surface area contributed by atoms with Crippen LogP contribution in [0.15, 0.2) is 54.7 Å². The zero-order valence-corrected chi connectivity index (χ0v) is 15.5. The molecule has 2 heterocycles. The minimum Gasteiger partial charge on any atom is -0.390 e. The molecule has 146 valence electrons. The average Bonchev–Trinajstić information content (AvgIpc) is 3.15. The lowest BCUT2D eigenvalue weighted by atomic mass is 10.0. The second kappa shape index (κ2) is 7.69. The number of hydrogen-bond donors (Lipinski definition) is 4. The lowest BCUT2D eigenvalue weighted by Crippen LogP contribution is -2.20. The van der Waals surface area contributed by atoms with Crippen molar-refractivity contribution in [3.8, 4) is 11.1 Å². The lowest BCUT2D eigenvalue weighted by Gasteiger charge is -2.10. The first kappa shape index (κ1) is 18.6. The van der Waals surface area contributed by atoms with Crippen molar-refractivity contribution in [1.82, 2.24) is 15.2 Å². The van der Waals surface area contributed by atoms with Crippen LogP contribution in [0, 0.1) is 12.7 Å². The first-order valence-corrected chi connectivity index (χ1v) is 8.92. The van der Waals surface area contributed by atoms with Crippen molar-refractivity contribution in [2.45, 2.75) is 13.5 Å². The van der Waals surface area contributed by atoms with E-state index < -0.39 is 11.8 Å². The van der Waals surface area contributed by atoms with Crippen LogP contribution >= 0.6 is 0 Å². The van der Waals surface area contributed by atoms with E-state index in [-0.39, 0.29) is 12.3 Å². The molecule has 4 rings (SSSR count). The van der Waals surface area contributed by atoms with Crippen LogP contribution in [0.4, 0.5) is 20.6 Å². The SMILES string of the molecule is Cc1ccc(F)c(NC(=O)Nc2ccc(-c3ccnc4n[nH]c(CO)c34)cc2)c1. The molecular weight excluding hydrogens is 373 g/mol. The number of aromatic amines is 1. The molecule has 0 atom stereocenters. The van der Waals surface area contributed by atoms with Crippen LogP contribution in [-0.2, 0) is 6.61 Å². The van der Waals surface area contributed by atoms with Gasteiger partial charge in [0.05, 0.1) is 23.4 Å². The summed E-state index contributed by atoms with van der Waals surface area (Å²) in [4.78, 5) is 16.4. The number of aliphatic hydroxyl groups is 1. The van der Waals surface area contributed by atoms with E-state index in [2.05, 4.69) is 25.8 Å². The molecular formula is C21H18FN5O2. The molecule has 0 aliphatic carbocycles. The van der Waals surface area contributed by atoms with Gasteiger partial charge in [-0.2, -0.15) is 5.10 Å². The Kier molecular flexibility index (Phi) is 4.92. The molecule has 0 unspecified atom stereocenters. The molecule has 2 aromatic heterocycles. The fourth-order valence-corrected chi connectivity index (χ4v) is 3.12. The van der Waals surface area contributed by atoms with Crippen LogP contribution < -0.4 is 10.6 Å². The second-order valence-electron chi connectivity index (χ2n) is 6.56. The smallest absolute Gasteiger partial charge is 0.323 e. The van der Waals surface area contributed by atoms with E-state index in [1.165, 1.54) is 6.07 Å². The molecule has 2 amide bonds. The second-order valence-corrected chi connectivity index (χ2v) is 6.56. The minimum atomic E-state index is -0.536. The maximum absolute atomic E-state index is 13.8. The standard InChI is InChI=1S/C21H18FN5O2/c1-12-2-7-16(22)17(10-12)25-21(29)24-14-5-3-13(4-6-14)15-8-9-23-20-19(15)18(11-28)26-27-20/h2-10,28H,11H2,1H3,(H,23,26,27)(H2,24,25,29). The molecule has 7 nitrogen and oxygen atoms in total. The molecule has 0 fully saturated rings. The fourth-order valence-electron chi connectivity index (χ4n) is 3.12. The molecule has 0 radical (unpaired) electrons. The van der Waals surface area contributed by atoms with E-state index in [0.29, 0.717) is 17.0 Å². The highest BCUT2D eigenvalue weighted by atomic mass is 19.1. The van der Waals surface area contributed by atoms with Crippen molar-refractivity contribution in [2.75, 3.05) is 10.6 Å². The Balaban J connectivity index is 1.53.